The molecule has 0 aliphatic heterocycles. The number of hydrogen-bond acceptors (Lipinski definition) is 2. The van der Waals surface area contributed by atoms with Crippen LogP contribution in [0.3, 0.4) is 0 Å². The maximum absolute atomic E-state index is 4.20. The van der Waals surface area contributed by atoms with Crippen molar-refractivity contribution in [1.29, 1.82) is 0 Å². The highest BCUT2D eigenvalue weighted by atomic mass is 14.9. The summed E-state index contributed by atoms with van der Waals surface area (Å²) in [6.45, 7) is 3.25. The van der Waals surface area contributed by atoms with E-state index < -0.39 is 0 Å². The van der Waals surface area contributed by atoms with Crippen LogP contribution in [0.5, 0.6) is 0 Å². The summed E-state index contributed by atoms with van der Waals surface area (Å²) in [4.78, 5) is 4.20. The molecule has 1 N–H and O–H groups in total. The molecular weight excluding hydrogens is 172 g/mol. The Labute approximate surface area is 85.7 Å². The van der Waals surface area contributed by atoms with Gasteiger partial charge in [0.25, 0.3) is 0 Å². The highest BCUT2D eigenvalue weighted by Gasteiger charge is 2.27. The Hall–Kier alpha value is -0.890. The summed E-state index contributed by atoms with van der Waals surface area (Å²) in [7, 11) is 0. The van der Waals surface area contributed by atoms with Crippen LogP contribution in [-0.2, 0) is 0 Å². The molecule has 0 amide bonds. The summed E-state index contributed by atoms with van der Waals surface area (Å²) in [5.41, 5.74) is 1.40. The van der Waals surface area contributed by atoms with E-state index in [1.54, 1.807) is 0 Å². The van der Waals surface area contributed by atoms with Gasteiger partial charge in [0.05, 0.1) is 0 Å². The summed E-state index contributed by atoms with van der Waals surface area (Å²) in [5.74, 6) is 0.684. The number of likely N-dealkylation sites (N-methyl/N-ethyl adjacent to an activating group) is 1. The monoisotopic (exact) mass is 190 g/mol. The summed E-state index contributed by atoms with van der Waals surface area (Å²) in [6.07, 6.45) is 7.83. The molecule has 0 spiro atoms. The van der Waals surface area contributed by atoms with Gasteiger partial charge in [-0.25, -0.2) is 0 Å². The first-order valence-corrected chi connectivity index (χ1v) is 5.55. The fraction of sp³-hybridized carbons (Fsp3) is 0.583. The van der Waals surface area contributed by atoms with Crippen molar-refractivity contribution in [3.05, 3.63) is 30.1 Å². The topological polar surface area (TPSA) is 24.9 Å². The van der Waals surface area contributed by atoms with Gasteiger partial charge in [-0.3, -0.25) is 4.98 Å². The summed E-state index contributed by atoms with van der Waals surface area (Å²) in [6, 6.07) is 4.91. The Morgan fingerprint density at radius 2 is 2.43 bits per heavy atom. The van der Waals surface area contributed by atoms with Gasteiger partial charge < -0.3 is 5.32 Å². The molecule has 0 saturated heterocycles. The molecule has 0 aromatic carbocycles. The van der Waals surface area contributed by atoms with Crippen molar-refractivity contribution >= 4 is 0 Å². The van der Waals surface area contributed by atoms with Crippen LogP contribution in [0.1, 0.15) is 37.7 Å². The molecule has 0 radical (unpaired) electrons. The third-order valence-electron chi connectivity index (χ3n) is 3.09. The van der Waals surface area contributed by atoms with E-state index in [1.807, 2.05) is 18.5 Å². The SMILES string of the molecule is CCNC1CCCC1c1cccnc1. The third kappa shape index (κ3) is 1.95. The van der Waals surface area contributed by atoms with E-state index in [0.717, 1.165) is 6.54 Å². The van der Waals surface area contributed by atoms with Crippen LogP contribution in [0.4, 0.5) is 0 Å². The van der Waals surface area contributed by atoms with Crippen molar-refractivity contribution in [2.45, 2.75) is 38.1 Å². The standard InChI is InChI=1S/C12H18N2/c1-2-14-12-7-3-6-11(12)10-5-4-8-13-9-10/h4-5,8-9,11-12,14H,2-3,6-7H2,1H3. The zero-order valence-electron chi connectivity index (χ0n) is 8.74. The number of hydrogen-bond donors (Lipinski definition) is 1. The summed E-state index contributed by atoms with van der Waals surface area (Å²) in [5, 5.41) is 3.57. The first-order chi connectivity index (χ1) is 6.92. The fourth-order valence-electron chi connectivity index (χ4n) is 2.46. The number of aromatic nitrogens is 1. The van der Waals surface area contributed by atoms with Gasteiger partial charge in [-0.1, -0.05) is 19.4 Å². The van der Waals surface area contributed by atoms with E-state index in [0.29, 0.717) is 12.0 Å². The Bertz CT molecular complexity index is 271. The molecule has 1 aliphatic carbocycles. The fourth-order valence-corrected chi connectivity index (χ4v) is 2.46. The van der Waals surface area contributed by atoms with Gasteiger partial charge >= 0.3 is 0 Å². The second-order valence-electron chi connectivity index (χ2n) is 3.99. The molecule has 2 rings (SSSR count). The van der Waals surface area contributed by atoms with Crippen LogP contribution in [-0.4, -0.2) is 17.6 Å². The number of pyridine rings is 1. The Kier molecular flexibility index (Phi) is 3.14. The molecule has 1 aliphatic rings. The predicted octanol–water partition coefficient (Wildman–Crippen LogP) is 2.33. The normalized spacial score (nSPS) is 26.6. The van der Waals surface area contributed by atoms with Crippen LogP contribution in [0.2, 0.25) is 0 Å². The smallest absolute Gasteiger partial charge is 0.0303 e. The number of nitrogens with one attached hydrogen (secondary N) is 1. The second-order valence-corrected chi connectivity index (χ2v) is 3.99. The molecule has 1 aromatic heterocycles. The molecule has 0 bridgehead atoms. The van der Waals surface area contributed by atoms with Gasteiger partial charge in [0.1, 0.15) is 0 Å². The van der Waals surface area contributed by atoms with Gasteiger partial charge in [0, 0.05) is 24.4 Å². The molecule has 1 saturated carbocycles. The lowest BCUT2D eigenvalue weighted by Crippen LogP contribution is -2.30. The molecule has 2 atom stereocenters. The molecule has 1 heterocycles. The Morgan fingerprint density at radius 3 is 3.14 bits per heavy atom. The largest absolute Gasteiger partial charge is 0.314 e. The van der Waals surface area contributed by atoms with E-state index >= 15 is 0 Å². The maximum Gasteiger partial charge on any atom is 0.0303 e. The van der Waals surface area contributed by atoms with E-state index in [9.17, 15) is 0 Å². The van der Waals surface area contributed by atoms with E-state index in [-0.39, 0.29) is 0 Å². The van der Waals surface area contributed by atoms with E-state index in [4.69, 9.17) is 0 Å². The minimum Gasteiger partial charge on any atom is -0.314 e. The molecule has 14 heavy (non-hydrogen) atoms. The van der Waals surface area contributed by atoms with Crippen LogP contribution >= 0.6 is 0 Å². The Balaban J connectivity index is 2.10. The predicted molar refractivity (Wildman–Crippen MR) is 58.3 cm³/mol. The van der Waals surface area contributed by atoms with E-state index in [2.05, 4.69) is 23.3 Å². The molecule has 2 unspecified atom stereocenters. The van der Waals surface area contributed by atoms with Crippen molar-refractivity contribution in [3.63, 3.8) is 0 Å². The molecule has 76 valence electrons. The van der Waals surface area contributed by atoms with Crippen molar-refractivity contribution in [2.75, 3.05) is 6.54 Å². The van der Waals surface area contributed by atoms with Gasteiger partial charge in [0.2, 0.25) is 0 Å². The molecule has 2 heteroatoms. The lowest BCUT2D eigenvalue weighted by Gasteiger charge is -2.20. The van der Waals surface area contributed by atoms with Crippen molar-refractivity contribution in [2.24, 2.45) is 0 Å². The van der Waals surface area contributed by atoms with Crippen LogP contribution in [0.15, 0.2) is 24.5 Å². The first-order valence-electron chi connectivity index (χ1n) is 5.55. The highest BCUT2D eigenvalue weighted by Crippen LogP contribution is 2.33. The summed E-state index contributed by atoms with van der Waals surface area (Å²) >= 11 is 0. The maximum atomic E-state index is 4.20. The zero-order valence-corrected chi connectivity index (χ0v) is 8.74. The lowest BCUT2D eigenvalue weighted by molar-refractivity contribution is 0.492. The molecule has 1 fully saturated rings. The van der Waals surface area contributed by atoms with E-state index in [1.165, 1.54) is 24.8 Å². The lowest BCUT2D eigenvalue weighted by atomic mass is 9.95. The minimum atomic E-state index is 0.671. The quantitative estimate of drug-likeness (QED) is 0.791. The van der Waals surface area contributed by atoms with Crippen molar-refractivity contribution in [1.82, 2.24) is 10.3 Å². The number of rotatable bonds is 3. The van der Waals surface area contributed by atoms with Gasteiger partial charge in [-0.2, -0.15) is 0 Å². The zero-order chi connectivity index (χ0) is 9.80. The first kappa shape index (κ1) is 9.66. The number of nitrogens with zero attached hydrogens (tertiary/aromatic N) is 1. The molecular formula is C12H18N2. The van der Waals surface area contributed by atoms with Gasteiger partial charge in [-0.15, -0.1) is 0 Å². The average molecular weight is 190 g/mol. The van der Waals surface area contributed by atoms with Gasteiger partial charge in [-0.05, 0) is 31.0 Å². The van der Waals surface area contributed by atoms with Crippen LogP contribution in [0.25, 0.3) is 0 Å². The summed E-state index contributed by atoms with van der Waals surface area (Å²) < 4.78 is 0. The van der Waals surface area contributed by atoms with Gasteiger partial charge in [0.15, 0.2) is 0 Å². The highest BCUT2D eigenvalue weighted by molar-refractivity contribution is 5.18. The van der Waals surface area contributed by atoms with Crippen molar-refractivity contribution in [3.8, 4) is 0 Å². The second kappa shape index (κ2) is 4.56. The Morgan fingerprint density at radius 1 is 1.50 bits per heavy atom. The average Bonchev–Trinajstić information content (AvgIpc) is 2.68. The minimum absolute atomic E-state index is 0.671. The molecule has 2 nitrogen and oxygen atoms in total. The van der Waals surface area contributed by atoms with Crippen LogP contribution in [0, 0.1) is 0 Å². The molecule has 1 aromatic rings. The van der Waals surface area contributed by atoms with Crippen LogP contribution < -0.4 is 5.32 Å². The third-order valence-corrected chi connectivity index (χ3v) is 3.09. The van der Waals surface area contributed by atoms with Crippen molar-refractivity contribution < 1.29 is 0 Å².